The van der Waals surface area contributed by atoms with Gasteiger partial charge in [0, 0.05) is 31.6 Å². The molecule has 0 bridgehead atoms. The number of thiophene rings is 1. The zero-order valence-electron chi connectivity index (χ0n) is 15.5. The molecule has 0 N–H and O–H groups in total. The summed E-state index contributed by atoms with van der Waals surface area (Å²) in [7, 11) is 2.28. The Labute approximate surface area is 158 Å². The van der Waals surface area contributed by atoms with Gasteiger partial charge in [-0.2, -0.15) is 0 Å². The standard InChI is InChI=1S/C21H24N4S/c1-13-6-4-5-7-16(13)19-17-12-25(11-15(17)10-24(19)3)21-20-18(8-9-26-20)22-14(2)23-21/h4-9,15,17,19H,10-12H2,1-3H3/t15-,17+,19+/m0/s1. The molecule has 2 aliphatic heterocycles. The highest BCUT2D eigenvalue weighted by Crippen LogP contribution is 2.46. The summed E-state index contributed by atoms with van der Waals surface area (Å²) in [5.41, 5.74) is 3.98. The van der Waals surface area contributed by atoms with Crippen LogP contribution >= 0.6 is 11.3 Å². The van der Waals surface area contributed by atoms with Crippen LogP contribution in [-0.4, -0.2) is 41.5 Å². The molecule has 3 atom stereocenters. The highest BCUT2D eigenvalue weighted by atomic mass is 32.1. The highest BCUT2D eigenvalue weighted by Gasteiger charge is 2.47. The van der Waals surface area contributed by atoms with E-state index in [0.29, 0.717) is 17.9 Å². The number of anilines is 1. The maximum atomic E-state index is 4.83. The molecule has 4 heterocycles. The molecule has 2 fully saturated rings. The molecular formula is C21H24N4S. The van der Waals surface area contributed by atoms with Crippen molar-refractivity contribution >= 4 is 27.4 Å². The Morgan fingerprint density at radius 2 is 1.88 bits per heavy atom. The summed E-state index contributed by atoms with van der Waals surface area (Å²) in [6.45, 7) is 7.59. The summed E-state index contributed by atoms with van der Waals surface area (Å²) in [4.78, 5) is 14.5. The third kappa shape index (κ3) is 2.45. The molecule has 2 saturated heterocycles. The Morgan fingerprint density at radius 3 is 2.73 bits per heavy atom. The molecule has 0 aliphatic carbocycles. The second kappa shape index (κ2) is 6.03. The lowest BCUT2D eigenvalue weighted by Gasteiger charge is -2.28. The highest BCUT2D eigenvalue weighted by molar-refractivity contribution is 7.17. The summed E-state index contributed by atoms with van der Waals surface area (Å²) < 4.78 is 1.23. The van der Waals surface area contributed by atoms with Crippen molar-refractivity contribution in [2.75, 3.05) is 31.6 Å². The van der Waals surface area contributed by atoms with Gasteiger partial charge in [0.05, 0.1) is 10.2 Å². The number of rotatable bonds is 2. The first-order chi connectivity index (χ1) is 12.6. The number of fused-ring (bicyclic) bond motifs is 2. The van der Waals surface area contributed by atoms with Gasteiger partial charge in [-0.1, -0.05) is 24.3 Å². The number of nitrogens with zero attached hydrogens (tertiary/aromatic N) is 4. The average Bonchev–Trinajstić information content (AvgIpc) is 3.29. The van der Waals surface area contributed by atoms with E-state index >= 15 is 0 Å². The predicted octanol–water partition coefficient (Wildman–Crippen LogP) is 4.05. The minimum absolute atomic E-state index is 0.507. The van der Waals surface area contributed by atoms with Crippen molar-refractivity contribution < 1.29 is 0 Å². The molecule has 0 unspecified atom stereocenters. The van der Waals surface area contributed by atoms with Crippen LogP contribution in [0.1, 0.15) is 23.0 Å². The van der Waals surface area contributed by atoms with Crippen molar-refractivity contribution in [3.63, 3.8) is 0 Å². The number of aromatic nitrogens is 2. The normalized spacial score (nSPS) is 26.0. The first-order valence-corrected chi connectivity index (χ1v) is 10.2. The van der Waals surface area contributed by atoms with Crippen LogP contribution in [0.4, 0.5) is 5.82 Å². The molecule has 0 saturated carbocycles. The van der Waals surface area contributed by atoms with Crippen LogP contribution in [0.25, 0.3) is 10.2 Å². The first-order valence-electron chi connectivity index (χ1n) is 9.34. The molecule has 0 amide bonds. The fourth-order valence-corrected chi connectivity index (χ4v) is 5.84. The predicted molar refractivity (Wildman–Crippen MR) is 108 cm³/mol. The maximum absolute atomic E-state index is 4.83. The van der Waals surface area contributed by atoms with E-state index in [4.69, 9.17) is 4.98 Å². The van der Waals surface area contributed by atoms with E-state index in [-0.39, 0.29) is 0 Å². The Kier molecular flexibility index (Phi) is 3.76. The summed E-state index contributed by atoms with van der Waals surface area (Å²) in [6, 6.07) is 11.5. The Balaban J connectivity index is 1.50. The molecule has 4 nitrogen and oxygen atoms in total. The summed E-state index contributed by atoms with van der Waals surface area (Å²) >= 11 is 1.76. The van der Waals surface area contributed by atoms with Gasteiger partial charge in [-0.25, -0.2) is 9.97 Å². The minimum atomic E-state index is 0.507. The van der Waals surface area contributed by atoms with Gasteiger partial charge in [-0.05, 0) is 49.4 Å². The van der Waals surface area contributed by atoms with Gasteiger partial charge in [0.25, 0.3) is 0 Å². The van der Waals surface area contributed by atoms with Crippen molar-refractivity contribution in [2.45, 2.75) is 19.9 Å². The Morgan fingerprint density at radius 1 is 1.04 bits per heavy atom. The number of aryl methyl sites for hydroxylation is 2. The third-order valence-electron chi connectivity index (χ3n) is 6.10. The quantitative estimate of drug-likeness (QED) is 0.687. The third-order valence-corrected chi connectivity index (χ3v) is 7.00. The zero-order chi connectivity index (χ0) is 17.8. The molecule has 5 heteroatoms. The fraction of sp³-hybridized carbons (Fsp3) is 0.429. The smallest absolute Gasteiger partial charge is 0.150 e. The van der Waals surface area contributed by atoms with Crippen molar-refractivity contribution in [3.05, 3.63) is 52.7 Å². The van der Waals surface area contributed by atoms with Gasteiger partial charge in [-0.15, -0.1) is 11.3 Å². The number of likely N-dealkylation sites (tertiary alicyclic amines) is 1. The van der Waals surface area contributed by atoms with Crippen LogP contribution in [0, 0.1) is 25.7 Å². The average molecular weight is 365 g/mol. The van der Waals surface area contributed by atoms with Crippen molar-refractivity contribution in [2.24, 2.45) is 11.8 Å². The molecule has 26 heavy (non-hydrogen) atoms. The van der Waals surface area contributed by atoms with Crippen LogP contribution < -0.4 is 4.90 Å². The van der Waals surface area contributed by atoms with Gasteiger partial charge in [-0.3, -0.25) is 4.90 Å². The van der Waals surface area contributed by atoms with Gasteiger partial charge in [0.1, 0.15) is 11.6 Å². The fourth-order valence-electron chi connectivity index (χ4n) is 4.99. The van der Waals surface area contributed by atoms with E-state index in [2.05, 4.69) is 64.5 Å². The number of hydrogen-bond donors (Lipinski definition) is 0. The molecule has 0 spiro atoms. The van der Waals surface area contributed by atoms with E-state index < -0.39 is 0 Å². The minimum Gasteiger partial charge on any atom is -0.355 e. The van der Waals surface area contributed by atoms with Crippen LogP contribution in [-0.2, 0) is 0 Å². The van der Waals surface area contributed by atoms with Crippen LogP contribution in [0.15, 0.2) is 35.7 Å². The van der Waals surface area contributed by atoms with E-state index in [1.807, 2.05) is 6.92 Å². The Bertz CT molecular complexity index is 966. The summed E-state index contributed by atoms with van der Waals surface area (Å²) in [6.07, 6.45) is 0. The van der Waals surface area contributed by atoms with Gasteiger partial charge < -0.3 is 4.90 Å². The second-order valence-electron chi connectivity index (χ2n) is 7.80. The monoisotopic (exact) mass is 364 g/mol. The number of hydrogen-bond acceptors (Lipinski definition) is 5. The summed E-state index contributed by atoms with van der Waals surface area (Å²) in [5, 5.41) is 2.13. The lowest BCUT2D eigenvalue weighted by molar-refractivity contribution is 0.279. The van der Waals surface area contributed by atoms with E-state index in [9.17, 15) is 0 Å². The molecule has 1 aromatic carbocycles. The molecule has 5 rings (SSSR count). The van der Waals surface area contributed by atoms with E-state index in [1.165, 1.54) is 15.8 Å². The molecule has 2 aromatic heterocycles. The van der Waals surface area contributed by atoms with Crippen LogP contribution in [0.5, 0.6) is 0 Å². The molecule has 3 aromatic rings. The molecule has 134 valence electrons. The largest absolute Gasteiger partial charge is 0.355 e. The SMILES string of the molecule is Cc1nc(N2C[C@@H]3CN(C)[C@H](c4ccccc4C)[C@@H]3C2)c2sccc2n1. The lowest BCUT2D eigenvalue weighted by atomic mass is 9.88. The Hall–Kier alpha value is -1.98. The second-order valence-corrected chi connectivity index (χ2v) is 8.72. The van der Waals surface area contributed by atoms with Crippen molar-refractivity contribution in [1.29, 1.82) is 0 Å². The zero-order valence-corrected chi connectivity index (χ0v) is 16.3. The summed E-state index contributed by atoms with van der Waals surface area (Å²) in [5.74, 6) is 3.37. The van der Waals surface area contributed by atoms with Crippen LogP contribution in [0.2, 0.25) is 0 Å². The van der Waals surface area contributed by atoms with Gasteiger partial charge in [0.2, 0.25) is 0 Å². The molecular weight excluding hydrogens is 340 g/mol. The van der Waals surface area contributed by atoms with Crippen LogP contribution in [0.3, 0.4) is 0 Å². The van der Waals surface area contributed by atoms with E-state index in [0.717, 1.165) is 36.8 Å². The first kappa shape index (κ1) is 16.2. The topological polar surface area (TPSA) is 32.3 Å². The van der Waals surface area contributed by atoms with Gasteiger partial charge >= 0.3 is 0 Å². The molecule has 0 radical (unpaired) electrons. The van der Waals surface area contributed by atoms with Gasteiger partial charge in [0.15, 0.2) is 0 Å². The van der Waals surface area contributed by atoms with Crippen molar-refractivity contribution in [3.8, 4) is 0 Å². The van der Waals surface area contributed by atoms with E-state index in [1.54, 1.807) is 11.3 Å². The lowest BCUT2D eigenvalue weighted by Crippen LogP contribution is -2.30. The molecule has 2 aliphatic rings. The maximum Gasteiger partial charge on any atom is 0.150 e. The number of benzene rings is 1. The van der Waals surface area contributed by atoms with Crippen molar-refractivity contribution in [1.82, 2.24) is 14.9 Å².